The molecule has 1 saturated heterocycles. The van der Waals surface area contributed by atoms with E-state index in [-0.39, 0.29) is 17.8 Å². The van der Waals surface area contributed by atoms with Gasteiger partial charge in [-0.05, 0) is 48.7 Å². The second-order valence-corrected chi connectivity index (χ2v) is 9.86. The van der Waals surface area contributed by atoms with Gasteiger partial charge in [0.2, 0.25) is 5.95 Å². The summed E-state index contributed by atoms with van der Waals surface area (Å²) in [6.45, 7) is 1.58. The van der Waals surface area contributed by atoms with Crippen molar-refractivity contribution in [3.8, 4) is 0 Å². The van der Waals surface area contributed by atoms with Crippen molar-refractivity contribution in [3.63, 3.8) is 0 Å². The van der Waals surface area contributed by atoms with E-state index in [0.29, 0.717) is 16.7 Å². The Morgan fingerprint density at radius 1 is 1.12 bits per heavy atom. The number of aromatic nitrogens is 2. The molecule has 0 bridgehead atoms. The van der Waals surface area contributed by atoms with Gasteiger partial charge in [0.05, 0.1) is 17.2 Å². The summed E-state index contributed by atoms with van der Waals surface area (Å²) in [4.78, 5) is 12.9. The van der Waals surface area contributed by atoms with Crippen molar-refractivity contribution in [3.05, 3.63) is 70.6 Å². The molecule has 1 aromatic heterocycles. The van der Waals surface area contributed by atoms with Crippen LogP contribution in [0, 0.1) is 5.82 Å². The van der Waals surface area contributed by atoms with Gasteiger partial charge in [-0.2, -0.15) is 4.98 Å². The van der Waals surface area contributed by atoms with Crippen LogP contribution < -0.4 is 10.2 Å². The number of halogens is 2. The maximum atomic E-state index is 13.7. The quantitative estimate of drug-likeness (QED) is 0.535. The summed E-state index contributed by atoms with van der Waals surface area (Å²) in [6, 6.07) is 14.2. The average Bonchev–Trinajstić information content (AvgIpc) is 3.29. The second kappa shape index (κ2) is 8.89. The van der Waals surface area contributed by atoms with E-state index in [4.69, 9.17) is 21.6 Å². The average molecular weight is 471 g/mol. The molecule has 0 aliphatic carbocycles. The van der Waals surface area contributed by atoms with Crippen LogP contribution in [0.2, 0.25) is 5.02 Å². The molecule has 2 N–H and O–H groups in total. The Bertz CT molecular complexity index is 1120. The first kappa shape index (κ1) is 21.5. The van der Waals surface area contributed by atoms with Crippen LogP contribution in [-0.2, 0) is 11.8 Å². The zero-order valence-electron chi connectivity index (χ0n) is 17.5. The highest BCUT2D eigenvalue weighted by Gasteiger charge is 2.37. The minimum atomic E-state index is -0.285. The minimum absolute atomic E-state index is 0.0938. The van der Waals surface area contributed by atoms with Crippen molar-refractivity contribution < 1.29 is 9.50 Å². The van der Waals surface area contributed by atoms with Crippen molar-refractivity contribution in [1.29, 1.82) is 0 Å². The van der Waals surface area contributed by atoms with E-state index in [1.807, 2.05) is 30.3 Å². The Morgan fingerprint density at radius 2 is 1.91 bits per heavy atom. The van der Waals surface area contributed by atoms with Crippen LogP contribution in [0.5, 0.6) is 0 Å². The number of thioether (sulfide) groups is 1. The Labute approximate surface area is 196 Å². The van der Waals surface area contributed by atoms with Gasteiger partial charge in [-0.3, -0.25) is 0 Å². The molecular weight excluding hydrogens is 447 g/mol. The van der Waals surface area contributed by atoms with Crippen molar-refractivity contribution in [2.24, 2.45) is 0 Å². The molecule has 8 heteroatoms. The van der Waals surface area contributed by atoms with Crippen molar-refractivity contribution in [2.75, 3.05) is 35.7 Å². The molecule has 0 saturated carbocycles. The number of piperidine rings is 1. The minimum Gasteiger partial charge on any atom is -0.395 e. The van der Waals surface area contributed by atoms with Crippen LogP contribution in [-0.4, -0.2) is 40.5 Å². The van der Waals surface area contributed by atoms with Crippen LogP contribution in [0.15, 0.2) is 53.4 Å². The summed E-state index contributed by atoms with van der Waals surface area (Å²) in [5, 5.41) is 14.2. The molecule has 32 heavy (non-hydrogen) atoms. The van der Waals surface area contributed by atoms with Gasteiger partial charge in [0.1, 0.15) is 11.6 Å². The maximum absolute atomic E-state index is 13.7. The van der Waals surface area contributed by atoms with Gasteiger partial charge in [-0.25, -0.2) is 9.37 Å². The fraction of sp³-hybridized carbons (Fsp3) is 0.333. The summed E-state index contributed by atoms with van der Waals surface area (Å²) in [5.41, 5.74) is 2.54. The number of aliphatic hydroxyl groups excluding tert-OH is 1. The molecule has 1 fully saturated rings. The lowest BCUT2D eigenvalue weighted by Crippen LogP contribution is -2.45. The van der Waals surface area contributed by atoms with Gasteiger partial charge in [0.25, 0.3) is 0 Å². The summed E-state index contributed by atoms with van der Waals surface area (Å²) < 4.78 is 13.7. The standard InChI is InChI=1S/C24H24ClFN4OS/c25-17-6-4-16(5-7-17)24(15-31)9-11-30(12-10-24)23-28-20-8-13-32-21(20)22(29-23)27-19-3-1-2-18(26)14-19/h1-7,14,31H,8-13,15H2,(H,27,28,29). The fourth-order valence-corrected chi connectivity index (χ4v) is 5.63. The summed E-state index contributed by atoms with van der Waals surface area (Å²) in [7, 11) is 0. The van der Waals surface area contributed by atoms with Gasteiger partial charge >= 0.3 is 0 Å². The van der Waals surface area contributed by atoms with Gasteiger partial charge in [0, 0.05) is 41.4 Å². The highest BCUT2D eigenvalue weighted by atomic mass is 35.5. The van der Waals surface area contributed by atoms with E-state index in [9.17, 15) is 9.50 Å². The zero-order chi connectivity index (χ0) is 22.1. The van der Waals surface area contributed by atoms with E-state index in [1.165, 1.54) is 12.1 Å². The molecule has 2 aromatic carbocycles. The van der Waals surface area contributed by atoms with Crippen LogP contribution >= 0.6 is 23.4 Å². The second-order valence-electron chi connectivity index (χ2n) is 8.31. The lowest BCUT2D eigenvalue weighted by Gasteiger charge is -2.41. The number of nitrogens with zero attached hydrogens (tertiary/aromatic N) is 3. The van der Waals surface area contributed by atoms with Gasteiger partial charge in [-0.15, -0.1) is 11.8 Å². The summed E-state index contributed by atoms with van der Waals surface area (Å²) in [5.74, 6) is 2.10. The van der Waals surface area contributed by atoms with E-state index in [1.54, 1.807) is 17.8 Å². The Kier molecular flexibility index (Phi) is 5.97. The van der Waals surface area contributed by atoms with E-state index in [0.717, 1.165) is 60.1 Å². The lowest BCUT2D eigenvalue weighted by molar-refractivity contribution is 0.165. The van der Waals surface area contributed by atoms with Crippen LogP contribution in [0.4, 0.5) is 21.8 Å². The SMILES string of the molecule is OCC1(c2ccc(Cl)cc2)CCN(c2nc3c(c(Nc4cccc(F)c4)n2)SCC3)CC1. The van der Waals surface area contributed by atoms with Crippen molar-refractivity contribution in [2.45, 2.75) is 29.6 Å². The molecule has 2 aliphatic rings. The number of rotatable bonds is 5. The van der Waals surface area contributed by atoms with Gasteiger partial charge in [0.15, 0.2) is 0 Å². The first-order valence-electron chi connectivity index (χ1n) is 10.7. The number of nitrogens with one attached hydrogen (secondary N) is 1. The third-order valence-electron chi connectivity index (χ3n) is 6.36. The Hall–Kier alpha value is -2.35. The molecule has 166 valence electrons. The van der Waals surface area contributed by atoms with Crippen molar-refractivity contribution >= 4 is 40.8 Å². The van der Waals surface area contributed by atoms with Crippen LogP contribution in [0.1, 0.15) is 24.1 Å². The number of hydrogen-bond donors (Lipinski definition) is 2. The number of benzene rings is 2. The molecular formula is C24H24ClFN4OS. The normalized spacial score (nSPS) is 17.3. The van der Waals surface area contributed by atoms with Crippen LogP contribution in [0.3, 0.4) is 0 Å². The predicted molar refractivity (Wildman–Crippen MR) is 128 cm³/mol. The fourth-order valence-electron chi connectivity index (χ4n) is 4.46. The van der Waals surface area contributed by atoms with Gasteiger partial charge < -0.3 is 15.3 Å². The van der Waals surface area contributed by atoms with Gasteiger partial charge in [-0.1, -0.05) is 29.8 Å². The van der Waals surface area contributed by atoms with Crippen molar-refractivity contribution in [1.82, 2.24) is 9.97 Å². The third-order valence-corrected chi connectivity index (χ3v) is 7.74. The molecule has 3 heterocycles. The molecule has 0 atom stereocenters. The molecule has 5 nitrogen and oxygen atoms in total. The number of anilines is 3. The third kappa shape index (κ3) is 4.17. The maximum Gasteiger partial charge on any atom is 0.227 e. The lowest BCUT2D eigenvalue weighted by atomic mass is 9.73. The summed E-state index contributed by atoms with van der Waals surface area (Å²) >= 11 is 7.79. The molecule has 0 spiro atoms. The Morgan fingerprint density at radius 3 is 2.62 bits per heavy atom. The largest absolute Gasteiger partial charge is 0.395 e. The summed E-state index contributed by atoms with van der Waals surface area (Å²) in [6.07, 6.45) is 2.49. The highest BCUT2D eigenvalue weighted by Crippen LogP contribution is 2.40. The molecule has 5 rings (SSSR count). The molecule has 3 aromatic rings. The topological polar surface area (TPSA) is 61.3 Å². The smallest absolute Gasteiger partial charge is 0.227 e. The van der Waals surface area contributed by atoms with Crippen LogP contribution in [0.25, 0.3) is 0 Å². The molecule has 2 aliphatic heterocycles. The first-order valence-corrected chi connectivity index (χ1v) is 12.1. The molecule has 0 radical (unpaired) electrons. The highest BCUT2D eigenvalue weighted by molar-refractivity contribution is 7.99. The van der Waals surface area contributed by atoms with E-state index in [2.05, 4.69) is 10.2 Å². The van der Waals surface area contributed by atoms with E-state index >= 15 is 0 Å². The molecule has 0 unspecified atom stereocenters. The first-order chi connectivity index (χ1) is 15.6. The number of hydrogen-bond acceptors (Lipinski definition) is 6. The number of aliphatic hydroxyl groups is 1. The monoisotopic (exact) mass is 470 g/mol. The zero-order valence-corrected chi connectivity index (χ0v) is 19.1. The van der Waals surface area contributed by atoms with E-state index < -0.39 is 0 Å². The number of fused-ring (bicyclic) bond motifs is 1. The molecule has 0 amide bonds. The predicted octanol–water partition coefficient (Wildman–Crippen LogP) is 5.19. The Balaban J connectivity index is 1.39. The number of aryl methyl sites for hydroxylation is 1.